The Morgan fingerprint density at radius 1 is 1.28 bits per heavy atom. The van der Waals surface area contributed by atoms with E-state index in [2.05, 4.69) is 4.74 Å². The summed E-state index contributed by atoms with van der Waals surface area (Å²) in [6.45, 7) is 1.66. The molecular weight excluding hydrogens is 284 g/mol. The van der Waals surface area contributed by atoms with E-state index in [0.29, 0.717) is 0 Å². The van der Waals surface area contributed by atoms with Crippen LogP contribution >= 0.6 is 0 Å². The van der Waals surface area contributed by atoms with E-state index in [9.17, 15) is 35.3 Å². The fourth-order valence-corrected chi connectivity index (χ4v) is 1.24. The van der Waals surface area contributed by atoms with Crippen LogP contribution in [0, 0.1) is 5.92 Å². The maximum atomic E-state index is 12.8. The van der Waals surface area contributed by atoms with Crippen LogP contribution < -0.4 is 0 Å². The Kier molecular flexibility index (Phi) is 5.12. The fourth-order valence-electron chi connectivity index (χ4n) is 0.775. The van der Waals surface area contributed by atoms with Crippen molar-refractivity contribution in [3.05, 3.63) is 0 Å². The average molecular weight is 295 g/mol. The van der Waals surface area contributed by atoms with E-state index >= 15 is 0 Å². The predicted molar refractivity (Wildman–Crippen MR) is 50.0 cm³/mol. The van der Waals surface area contributed by atoms with E-state index in [0.717, 1.165) is 0 Å². The van der Waals surface area contributed by atoms with Crippen LogP contribution in [0.3, 0.4) is 0 Å². The van der Waals surface area contributed by atoms with Crippen molar-refractivity contribution in [2.24, 2.45) is 5.92 Å². The van der Waals surface area contributed by atoms with Gasteiger partial charge in [0, 0.05) is 0 Å². The Balaban J connectivity index is 4.64. The van der Waals surface area contributed by atoms with Crippen molar-refractivity contribution in [1.29, 1.82) is 0 Å². The number of hydrogen-bond donors (Lipinski definition) is 0. The molecule has 0 aliphatic heterocycles. The van der Waals surface area contributed by atoms with Gasteiger partial charge in [-0.15, -0.1) is 0 Å². The van der Waals surface area contributed by atoms with Crippen molar-refractivity contribution in [2.75, 3.05) is 6.61 Å². The van der Waals surface area contributed by atoms with Crippen LogP contribution in [0.4, 0.5) is 17.6 Å². The third-order valence-electron chi connectivity index (χ3n) is 1.87. The van der Waals surface area contributed by atoms with E-state index in [1.54, 1.807) is 0 Å². The second kappa shape index (κ2) is 5.39. The Hall–Kier alpha value is -0.900. The maximum absolute atomic E-state index is 12.8. The Labute approximate surface area is 101 Å². The molecule has 0 heterocycles. The molecule has 0 rings (SSSR count). The van der Waals surface area contributed by atoms with Gasteiger partial charge in [-0.3, -0.25) is 4.79 Å². The van der Waals surface area contributed by atoms with Crippen molar-refractivity contribution in [3.8, 4) is 0 Å². The number of alkyl halides is 4. The lowest BCUT2D eigenvalue weighted by atomic mass is 10.2. The van der Waals surface area contributed by atoms with Gasteiger partial charge in [0.15, 0.2) is 10.1 Å². The van der Waals surface area contributed by atoms with Crippen LogP contribution in [0.5, 0.6) is 0 Å². The number of rotatable bonds is 6. The summed E-state index contributed by atoms with van der Waals surface area (Å²) in [5.74, 6) is -6.66. The molecule has 108 valence electrons. The molecule has 0 atom stereocenters. The molecule has 5 nitrogen and oxygen atoms in total. The van der Waals surface area contributed by atoms with Crippen LogP contribution in [-0.4, -0.2) is 36.7 Å². The van der Waals surface area contributed by atoms with Crippen LogP contribution in [0.2, 0.25) is 0 Å². The molecule has 0 spiro atoms. The van der Waals surface area contributed by atoms with Gasteiger partial charge in [0.1, 0.15) is 0 Å². The zero-order chi connectivity index (χ0) is 14.8. The number of hydrogen-bond acceptors (Lipinski definition) is 5. The van der Waals surface area contributed by atoms with Crippen molar-refractivity contribution >= 4 is 16.1 Å². The van der Waals surface area contributed by atoms with Crippen molar-refractivity contribution < 1.29 is 40.1 Å². The summed E-state index contributed by atoms with van der Waals surface area (Å²) >= 11 is 0. The highest BCUT2D eigenvalue weighted by Gasteiger charge is 2.61. The lowest BCUT2D eigenvalue weighted by Crippen LogP contribution is -2.47. The normalized spacial score (nSPS) is 13.8. The third kappa shape index (κ3) is 3.80. The Morgan fingerprint density at radius 3 is 2.06 bits per heavy atom. The zero-order valence-corrected chi connectivity index (χ0v) is 10.3. The molecular formula is C8H11F4O5S-. The van der Waals surface area contributed by atoms with E-state index < -0.39 is 46.2 Å². The quantitative estimate of drug-likeness (QED) is 0.419. The molecule has 0 saturated heterocycles. The van der Waals surface area contributed by atoms with E-state index in [1.165, 1.54) is 13.8 Å². The first-order chi connectivity index (χ1) is 7.83. The molecule has 0 aromatic heterocycles. The van der Waals surface area contributed by atoms with Crippen LogP contribution in [-0.2, 0) is 19.6 Å². The van der Waals surface area contributed by atoms with Crippen molar-refractivity contribution in [3.63, 3.8) is 0 Å². The van der Waals surface area contributed by atoms with Gasteiger partial charge in [0.2, 0.25) is 0 Å². The van der Waals surface area contributed by atoms with E-state index in [1.807, 2.05) is 0 Å². The average Bonchev–Trinajstić information content (AvgIpc) is 2.14. The number of carbonyl (C=O) groups excluding carboxylic acids is 1. The monoisotopic (exact) mass is 295 g/mol. The molecule has 0 aliphatic carbocycles. The molecule has 0 fully saturated rings. The number of esters is 1. The maximum Gasteiger partial charge on any atom is 0.396 e. The SMILES string of the molecule is CC(C)C(=O)OCCC(F)(F)C(F)(F)S(=O)(=O)[O-]. The minimum absolute atomic E-state index is 0.651. The van der Waals surface area contributed by atoms with Crippen LogP contribution in [0.15, 0.2) is 0 Å². The van der Waals surface area contributed by atoms with Gasteiger partial charge >= 0.3 is 17.1 Å². The lowest BCUT2D eigenvalue weighted by Gasteiger charge is -2.28. The third-order valence-corrected chi connectivity index (χ3v) is 2.80. The Morgan fingerprint density at radius 2 is 1.72 bits per heavy atom. The van der Waals surface area contributed by atoms with Crippen molar-refractivity contribution in [1.82, 2.24) is 0 Å². The number of ether oxygens (including phenoxy) is 1. The van der Waals surface area contributed by atoms with Gasteiger partial charge in [-0.05, 0) is 0 Å². The van der Waals surface area contributed by atoms with Crippen LogP contribution in [0.25, 0.3) is 0 Å². The molecule has 0 unspecified atom stereocenters. The summed E-state index contributed by atoms with van der Waals surface area (Å²) in [4.78, 5) is 10.8. The lowest BCUT2D eigenvalue weighted by molar-refractivity contribution is -0.175. The fraction of sp³-hybridized carbons (Fsp3) is 0.875. The van der Waals surface area contributed by atoms with Gasteiger partial charge in [-0.2, -0.15) is 17.6 Å². The van der Waals surface area contributed by atoms with Gasteiger partial charge in [-0.25, -0.2) is 8.42 Å². The topological polar surface area (TPSA) is 83.5 Å². The summed E-state index contributed by atoms with van der Waals surface area (Å²) in [5, 5.41) is -5.75. The predicted octanol–water partition coefficient (Wildman–Crippen LogP) is 1.35. The summed E-state index contributed by atoms with van der Waals surface area (Å²) in [7, 11) is -6.50. The summed E-state index contributed by atoms with van der Waals surface area (Å²) in [6.07, 6.45) is -1.76. The Bertz CT molecular complexity index is 404. The number of halogens is 4. The molecule has 0 aliphatic rings. The summed E-state index contributed by atoms with van der Waals surface area (Å²) in [6, 6.07) is 0. The highest BCUT2D eigenvalue weighted by atomic mass is 32.2. The molecule has 0 aromatic carbocycles. The molecule has 0 N–H and O–H groups in total. The first kappa shape index (κ1) is 17.1. The van der Waals surface area contributed by atoms with Crippen LogP contribution in [0.1, 0.15) is 20.3 Å². The van der Waals surface area contributed by atoms with Gasteiger partial charge in [0.05, 0.1) is 18.9 Å². The molecule has 10 heteroatoms. The second-order valence-corrected chi connectivity index (χ2v) is 5.17. The molecule has 0 radical (unpaired) electrons. The minimum atomic E-state index is -6.50. The van der Waals surface area contributed by atoms with Gasteiger partial charge in [0.25, 0.3) is 0 Å². The summed E-state index contributed by atoms with van der Waals surface area (Å²) < 4.78 is 85.1. The van der Waals surface area contributed by atoms with Gasteiger partial charge < -0.3 is 9.29 Å². The standard InChI is InChI=1S/C8H12F4O5S/c1-5(2)6(13)17-4-3-7(9,10)8(11,12)18(14,15)16/h5H,3-4H2,1-2H3,(H,14,15,16)/p-1. The molecule has 0 bridgehead atoms. The van der Waals surface area contributed by atoms with Gasteiger partial charge in [-0.1, -0.05) is 13.8 Å². The first-order valence-electron chi connectivity index (χ1n) is 4.70. The summed E-state index contributed by atoms with van der Waals surface area (Å²) in [5.41, 5.74) is 0. The molecule has 18 heavy (non-hydrogen) atoms. The zero-order valence-electron chi connectivity index (χ0n) is 9.45. The second-order valence-electron chi connectivity index (χ2n) is 3.75. The smallest absolute Gasteiger partial charge is 0.396 e. The first-order valence-corrected chi connectivity index (χ1v) is 6.11. The molecule has 0 saturated carbocycles. The largest absolute Gasteiger partial charge is 0.743 e. The van der Waals surface area contributed by atoms with E-state index in [-0.39, 0.29) is 0 Å². The molecule has 0 aromatic rings. The molecule has 0 amide bonds. The highest BCUT2D eigenvalue weighted by Crippen LogP contribution is 2.40. The minimum Gasteiger partial charge on any atom is -0.743 e. The van der Waals surface area contributed by atoms with E-state index in [4.69, 9.17) is 0 Å². The van der Waals surface area contributed by atoms with Crippen molar-refractivity contribution in [2.45, 2.75) is 31.4 Å². The number of carbonyl (C=O) groups is 1. The highest BCUT2D eigenvalue weighted by molar-refractivity contribution is 7.86.